The van der Waals surface area contributed by atoms with Crippen LogP contribution < -0.4 is 0 Å². The van der Waals surface area contributed by atoms with Gasteiger partial charge in [-0.25, -0.2) is 4.79 Å². The molecule has 1 unspecified atom stereocenters. The summed E-state index contributed by atoms with van der Waals surface area (Å²) in [6, 6.07) is 0. The van der Waals surface area contributed by atoms with Crippen molar-refractivity contribution in [2.24, 2.45) is 0 Å². The second kappa shape index (κ2) is 6.83. The van der Waals surface area contributed by atoms with Crippen LogP contribution >= 0.6 is 0 Å². The molecule has 0 spiro atoms. The molecule has 1 N–H and O–H groups in total. The van der Waals surface area contributed by atoms with Crippen LogP contribution in [0.25, 0.3) is 0 Å². The number of hydrogen-bond donors (Lipinski definition) is 1. The van der Waals surface area contributed by atoms with E-state index in [-0.39, 0.29) is 6.10 Å². The van der Waals surface area contributed by atoms with Crippen molar-refractivity contribution in [1.29, 1.82) is 0 Å². The summed E-state index contributed by atoms with van der Waals surface area (Å²) >= 11 is 0. The number of ether oxygens (including phenoxy) is 1. The molecule has 0 amide bonds. The Labute approximate surface area is 91.8 Å². The van der Waals surface area contributed by atoms with E-state index in [1.807, 2.05) is 6.92 Å². The minimum atomic E-state index is -0.910. The highest BCUT2D eigenvalue weighted by Crippen LogP contribution is 2.21. The fraction of sp³-hybridized carbons (Fsp3) is 0.917. The number of aliphatic hydroxyl groups excluding tert-OH is 1. The lowest BCUT2D eigenvalue weighted by Crippen LogP contribution is -2.29. The molecule has 0 heterocycles. The number of unbranched alkanes of at least 4 members (excludes halogenated alkanes) is 1. The lowest BCUT2D eigenvalue weighted by molar-refractivity contribution is -0.160. The fourth-order valence-electron chi connectivity index (χ4n) is 1.94. The third-order valence-electron chi connectivity index (χ3n) is 2.94. The molecule has 1 saturated carbocycles. The van der Waals surface area contributed by atoms with E-state index in [1.165, 1.54) is 6.42 Å². The highest BCUT2D eigenvalue weighted by molar-refractivity contribution is 5.74. The number of carbonyl (C=O) groups excluding carboxylic acids is 1. The summed E-state index contributed by atoms with van der Waals surface area (Å²) in [7, 11) is 0. The lowest BCUT2D eigenvalue weighted by Gasteiger charge is -2.23. The summed E-state index contributed by atoms with van der Waals surface area (Å²) in [4.78, 5) is 11.4. The molecule has 0 radical (unpaired) electrons. The van der Waals surface area contributed by atoms with Crippen LogP contribution in [0.1, 0.15) is 58.3 Å². The molecule has 3 nitrogen and oxygen atoms in total. The molecular weight excluding hydrogens is 192 g/mol. The smallest absolute Gasteiger partial charge is 0.335 e. The molecule has 1 atom stereocenters. The summed E-state index contributed by atoms with van der Waals surface area (Å²) in [5, 5.41) is 9.50. The van der Waals surface area contributed by atoms with Gasteiger partial charge >= 0.3 is 5.97 Å². The fourth-order valence-corrected chi connectivity index (χ4v) is 1.94. The van der Waals surface area contributed by atoms with E-state index in [1.54, 1.807) is 0 Å². The van der Waals surface area contributed by atoms with Crippen molar-refractivity contribution < 1.29 is 14.6 Å². The third-order valence-corrected chi connectivity index (χ3v) is 2.94. The average Bonchev–Trinajstić information content (AvgIpc) is 2.27. The van der Waals surface area contributed by atoms with Crippen molar-refractivity contribution in [3.63, 3.8) is 0 Å². The Bertz CT molecular complexity index is 185. The van der Waals surface area contributed by atoms with E-state index in [0.29, 0.717) is 6.42 Å². The Balaban J connectivity index is 2.20. The molecule has 1 aliphatic carbocycles. The van der Waals surface area contributed by atoms with Gasteiger partial charge in [-0.2, -0.15) is 0 Å². The Hall–Kier alpha value is -0.570. The van der Waals surface area contributed by atoms with E-state index in [2.05, 4.69) is 0 Å². The van der Waals surface area contributed by atoms with Crippen molar-refractivity contribution in [2.75, 3.05) is 0 Å². The van der Waals surface area contributed by atoms with Gasteiger partial charge in [0, 0.05) is 0 Å². The Morgan fingerprint density at radius 1 is 1.40 bits per heavy atom. The zero-order valence-electron chi connectivity index (χ0n) is 9.58. The van der Waals surface area contributed by atoms with Crippen LogP contribution in [0.15, 0.2) is 0 Å². The molecule has 1 aliphatic rings. The van der Waals surface area contributed by atoms with Crippen molar-refractivity contribution in [3.8, 4) is 0 Å². The van der Waals surface area contributed by atoms with Crippen molar-refractivity contribution in [3.05, 3.63) is 0 Å². The first-order chi connectivity index (χ1) is 7.24. The first-order valence-electron chi connectivity index (χ1n) is 6.12. The maximum atomic E-state index is 11.4. The van der Waals surface area contributed by atoms with Gasteiger partial charge in [0.1, 0.15) is 6.10 Å². The molecule has 0 aliphatic heterocycles. The lowest BCUT2D eigenvalue weighted by atomic mass is 9.98. The zero-order chi connectivity index (χ0) is 11.1. The Kier molecular flexibility index (Phi) is 5.69. The van der Waals surface area contributed by atoms with E-state index < -0.39 is 12.1 Å². The number of aliphatic hydroxyl groups is 1. The largest absolute Gasteiger partial charge is 0.460 e. The van der Waals surface area contributed by atoms with Crippen LogP contribution in [0.2, 0.25) is 0 Å². The quantitative estimate of drug-likeness (QED) is 0.715. The summed E-state index contributed by atoms with van der Waals surface area (Å²) in [5.74, 6) is -0.421. The van der Waals surface area contributed by atoms with E-state index >= 15 is 0 Å². The molecule has 0 aromatic heterocycles. The van der Waals surface area contributed by atoms with Gasteiger partial charge in [-0.05, 0) is 32.1 Å². The summed E-state index contributed by atoms with van der Waals surface area (Å²) in [5.41, 5.74) is 0. The molecule has 0 aromatic carbocycles. The minimum Gasteiger partial charge on any atom is -0.460 e. The first-order valence-corrected chi connectivity index (χ1v) is 6.12. The predicted octanol–water partition coefficient (Wildman–Crippen LogP) is 2.41. The monoisotopic (exact) mass is 214 g/mol. The van der Waals surface area contributed by atoms with Crippen molar-refractivity contribution >= 4 is 5.97 Å². The van der Waals surface area contributed by atoms with Gasteiger partial charge in [0.25, 0.3) is 0 Å². The van der Waals surface area contributed by atoms with Gasteiger partial charge in [0.05, 0.1) is 0 Å². The SMILES string of the molecule is CCCCC(O)C(=O)OC1CCCCC1. The highest BCUT2D eigenvalue weighted by atomic mass is 16.6. The van der Waals surface area contributed by atoms with Crippen LogP contribution in [-0.4, -0.2) is 23.3 Å². The van der Waals surface area contributed by atoms with Gasteiger partial charge in [0.15, 0.2) is 6.10 Å². The summed E-state index contributed by atoms with van der Waals surface area (Å²) < 4.78 is 5.26. The second-order valence-corrected chi connectivity index (χ2v) is 4.35. The van der Waals surface area contributed by atoms with Crippen molar-refractivity contribution in [1.82, 2.24) is 0 Å². The molecule has 1 fully saturated rings. The molecule has 0 aromatic rings. The van der Waals surface area contributed by atoms with E-state index in [0.717, 1.165) is 38.5 Å². The van der Waals surface area contributed by atoms with Gasteiger partial charge in [0.2, 0.25) is 0 Å². The standard InChI is InChI=1S/C12H22O3/c1-2-3-9-11(13)12(14)15-10-7-5-4-6-8-10/h10-11,13H,2-9H2,1H3. The molecular formula is C12H22O3. The number of esters is 1. The van der Waals surface area contributed by atoms with Crippen LogP contribution in [0.5, 0.6) is 0 Å². The number of rotatable bonds is 5. The van der Waals surface area contributed by atoms with Crippen LogP contribution in [0.4, 0.5) is 0 Å². The van der Waals surface area contributed by atoms with Gasteiger partial charge < -0.3 is 9.84 Å². The number of hydrogen-bond acceptors (Lipinski definition) is 3. The van der Waals surface area contributed by atoms with Gasteiger partial charge in [-0.1, -0.05) is 26.2 Å². The zero-order valence-corrected chi connectivity index (χ0v) is 9.58. The average molecular weight is 214 g/mol. The normalized spacial score (nSPS) is 19.9. The van der Waals surface area contributed by atoms with Gasteiger partial charge in [-0.3, -0.25) is 0 Å². The predicted molar refractivity (Wildman–Crippen MR) is 58.5 cm³/mol. The summed E-state index contributed by atoms with van der Waals surface area (Å²) in [6.07, 6.45) is 7.00. The van der Waals surface area contributed by atoms with E-state index in [4.69, 9.17) is 4.74 Å². The molecule has 3 heteroatoms. The topological polar surface area (TPSA) is 46.5 Å². The van der Waals surface area contributed by atoms with Crippen LogP contribution in [0, 0.1) is 0 Å². The molecule has 0 bridgehead atoms. The molecule has 15 heavy (non-hydrogen) atoms. The third kappa shape index (κ3) is 4.65. The Morgan fingerprint density at radius 2 is 2.07 bits per heavy atom. The molecule has 88 valence electrons. The van der Waals surface area contributed by atoms with Crippen LogP contribution in [0.3, 0.4) is 0 Å². The maximum Gasteiger partial charge on any atom is 0.335 e. The minimum absolute atomic E-state index is 0.0579. The van der Waals surface area contributed by atoms with E-state index in [9.17, 15) is 9.90 Å². The van der Waals surface area contributed by atoms with Crippen LogP contribution in [-0.2, 0) is 9.53 Å². The van der Waals surface area contributed by atoms with Gasteiger partial charge in [-0.15, -0.1) is 0 Å². The highest BCUT2D eigenvalue weighted by Gasteiger charge is 2.22. The Morgan fingerprint density at radius 3 is 2.67 bits per heavy atom. The maximum absolute atomic E-state index is 11.4. The first kappa shape index (κ1) is 12.5. The van der Waals surface area contributed by atoms with Crippen molar-refractivity contribution in [2.45, 2.75) is 70.5 Å². The second-order valence-electron chi connectivity index (χ2n) is 4.35. The number of carbonyl (C=O) groups is 1. The summed E-state index contributed by atoms with van der Waals surface area (Å²) in [6.45, 7) is 2.04. The molecule has 1 rings (SSSR count). The molecule has 0 saturated heterocycles.